The molecule has 1 aliphatic rings. The molecule has 0 aliphatic carbocycles. The molecule has 0 saturated heterocycles. The van der Waals surface area contributed by atoms with Gasteiger partial charge in [-0.3, -0.25) is 9.59 Å². The third-order valence-electron chi connectivity index (χ3n) is 3.84. The van der Waals surface area contributed by atoms with Gasteiger partial charge in [0.2, 0.25) is 6.10 Å². The quantitative estimate of drug-likeness (QED) is 0.722. The Morgan fingerprint density at radius 1 is 1.30 bits per heavy atom. The highest BCUT2D eigenvalue weighted by atomic mass is 35.5. The van der Waals surface area contributed by atoms with Crippen molar-refractivity contribution in [3.8, 4) is 0 Å². The summed E-state index contributed by atoms with van der Waals surface area (Å²) in [4.78, 5) is 31.0. The topological polar surface area (TPSA) is 79.8 Å². The third kappa shape index (κ3) is 4.80. The van der Waals surface area contributed by atoms with E-state index in [2.05, 4.69) is 15.8 Å². The summed E-state index contributed by atoms with van der Waals surface area (Å²) in [5.41, 5.74) is 1.33. The van der Waals surface area contributed by atoms with Gasteiger partial charge in [0.15, 0.2) is 0 Å². The molecule has 1 aliphatic heterocycles. The molecule has 1 atom stereocenters. The van der Waals surface area contributed by atoms with Crippen LogP contribution in [0.25, 0.3) is 0 Å². The average molecular weight is 426 g/mol. The molecule has 1 aromatic carbocycles. The third-order valence-corrected chi connectivity index (χ3v) is 5.35. The second kappa shape index (κ2) is 8.73. The van der Waals surface area contributed by atoms with Gasteiger partial charge in [0, 0.05) is 18.0 Å². The van der Waals surface area contributed by atoms with Gasteiger partial charge in [0.25, 0.3) is 11.8 Å². The molecule has 1 unspecified atom stereocenters. The molecule has 27 heavy (non-hydrogen) atoms. The summed E-state index contributed by atoms with van der Waals surface area (Å²) in [5.74, 6) is -0.676. The van der Waals surface area contributed by atoms with Crippen LogP contribution >= 0.6 is 34.5 Å². The fourth-order valence-electron chi connectivity index (χ4n) is 2.50. The Morgan fingerprint density at radius 3 is 2.81 bits per heavy atom. The first kappa shape index (κ1) is 19.7. The Labute approximate surface area is 170 Å². The highest BCUT2D eigenvalue weighted by molar-refractivity contribution is 7.18. The number of nitrogens with one attached hydrogen (secondary N) is 2. The van der Waals surface area contributed by atoms with E-state index in [-0.39, 0.29) is 5.91 Å². The van der Waals surface area contributed by atoms with Crippen molar-refractivity contribution in [2.75, 3.05) is 11.9 Å². The lowest BCUT2D eigenvalue weighted by molar-refractivity contribution is -0.125. The molecule has 2 heterocycles. The van der Waals surface area contributed by atoms with Gasteiger partial charge in [-0.1, -0.05) is 35.3 Å². The Morgan fingerprint density at radius 2 is 2.11 bits per heavy atom. The van der Waals surface area contributed by atoms with Gasteiger partial charge in [-0.15, -0.1) is 11.3 Å². The number of hydrogen-bond donors (Lipinski definition) is 2. The van der Waals surface area contributed by atoms with Crippen LogP contribution in [0.1, 0.15) is 35.0 Å². The number of hydrogen-bond acceptors (Lipinski definition) is 5. The first-order valence-electron chi connectivity index (χ1n) is 8.35. The second-order valence-corrected chi connectivity index (χ2v) is 8.03. The van der Waals surface area contributed by atoms with Crippen molar-refractivity contribution in [3.63, 3.8) is 0 Å². The molecule has 0 bridgehead atoms. The molecule has 6 nitrogen and oxygen atoms in total. The fraction of sp³-hybridized carbons (Fsp3) is 0.278. The van der Waals surface area contributed by atoms with Crippen molar-refractivity contribution in [3.05, 3.63) is 50.1 Å². The molecule has 0 saturated carbocycles. The van der Waals surface area contributed by atoms with Crippen molar-refractivity contribution in [1.82, 2.24) is 5.32 Å². The molecule has 2 amide bonds. The van der Waals surface area contributed by atoms with E-state index < -0.39 is 12.0 Å². The minimum absolute atomic E-state index is 0.277. The molecule has 1 aromatic heterocycles. The Balaban J connectivity index is 1.69. The van der Waals surface area contributed by atoms with E-state index >= 15 is 0 Å². The zero-order chi connectivity index (χ0) is 19.4. The number of halogens is 2. The summed E-state index contributed by atoms with van der Waals surface area (Å²) in [7, 11) is 0. The molecule has 0 spiro atoms. The number of anilines is 1. The molecular weight excluding hydrogens is 409 g/mol. The van der Waals surface area contributed by atoms with Gasteiger partial charge in [-0.25, -0.2) is 0 Å². The summed E-state index contributed by atoms with van der Waals surface area (Å²) < 4.78 is 0.641. The summed E-state index contributed by atoms with van der Waals surface area (Å²) >= 11 is 13.3. The number of oxime groups is 1. The van der Waals surface area contributed by atoms with E-state index in [1.807, 2.05) is 13.0 Å². The Kier molecular flexibility index (Phi) is 6.36. The van der Waals surface area contributed by atoms with Crippen LogP contribution in [0.3, 0.4) is 0 Å². The van der Waals surface area contributed by atoms with Crippen LogP contribution in [-0.2, 0) is 9.63 Å². The predicted octanol–water partition coefficient (Wildman–Crippen LogP) is 4.33. The summed E-state index contributed by atoms with van der Waals surface area (Å²) in [6.45, 7) is 2.50. The van der Waals surface area contributed by atoms with Gasteiger partial charge >= 0.3 is 0 Å². The number of benzene rings is 1. The number of rotatable bonds is 6. The zero-order valence-corrected chi connectivity index (χ0v) is 16.7. The maximum Gasteiger partial charge on any atom is 0.268 e. The molecule has 2 aromatic rings. The van der Waals surface area contributed by atoms with Crippen molar-refractivity contribution in [2.45, 2.75) is 25.9 Å². The number of amides is 2. The Hall–Kier alpha value is -2.09. The predicted molar refractivity (Wildman–Crippen MR) is 108 cm³/mol. The summed E-state index contributed by atoms with van der Waals surface area (Å²) in [6.07, 6.45) is 0.344. The van der Waals surface area contributed by atoms with Gasteiger partial charge in [0.1, 0.15) is 5.71 Å². The number of thiophene rings is 1. The van der Waals surface area contributed by atoms with Crippen molar-refractivity contribution in [2.24, 2.45) is 5.16 Å². The molecule has 0 radical (unpaired) electrons. The number of nitrogens with zero attached hydrogens (tertiary/aromatic N) is 1. The maximum absolute atomic E-state index is 12.6. The molecule has 2 N–H and O–H groups in total. The van der Waals surface area contributed by atoms with Crippen LogP contribution in [0.2, 0.25) is 9.36 Å². The molecule has 142 valence electrons. The number of carbonyl (C=O) groups excluding carboxylic acids is 2. The lowest BCUT2D eigenvalue weighted by Gasteiger charge is -2.14. The monoisotopic (exact) mass is 425 g/mol. The van der Waals surface area contributed by atoms with Gasteiger partial charge in [-0.2, -0.15) is 0 Å². The van der Waals surface area contributed by atoms with Crippen LogP contribution in [0, 0.1) is 0 Å². The zero-order valence-electron chi connectivity index (χ0n) is 14.4. The smallest absolute Gasteiger partial charge is 0.268 e. The summed E-state index contributed by atoms with van der Waals surface area (Å²) in [6, 6.07) is 8.32. The average Bonchev–Trinajstić information content (AvgIpc) is 3.28. The minimum atomic E-state index is -0.786. The molecule has 0 fully saturated rings. The highest BCUT2D eigenvalue weighted by Gasteiger charge is 2.30. The lowest BCUT2D eigenvalue weighted by Crippen LogP contribution is -2.30. The minimum Gasteiger partial charge on any atom is -0.382 e. The lowest BCUT2D eigenvalue weighted by atomic mass is 10.1. The van der Waals surface area contributed by atoms with E-state index in [1.54, 1.807) is 18.2 Å². The van der Waals surface area contributed by atoms with Gasteiger partial charge < -0.3 is 15.5 Å². The van der Waals surface area contributed by atoms with E-state index in [0.717, 1.165) is 11.3 Å². The normalized spacial score (nSPS) is 15.8. The standard InChI is InChI=1S/C18H17Cl2N3O3S/c1-2-7-21-17(24)11-4-3-10(19)8-12(11)22-18(25)14-9-13(23-26-14)15-5-6-16(20)27-15/h3-6,8,14H,2,7,9H2,1H3,(H,21,24)(H,22,25). The van der Waals surface area contributed by atoms with E-state index in [0.29, 0.717) is 39.3 Å². The highest BCUT2D eigenvalue weighted by Crippen LogP contribution is 2.27. The van der Waals surface area contributed by atoms with Crippen molar-refractivity contribution in [1.29, 1.82) is 0 Å². The SMILES string of the molecule is CCCNC(=O)c1ccc(Cl)cc1NC(=O)C1CC(c2ccc(Cl)s2)=NO1. The maximum atomic E-state index is 12.6. The van der Waals surface area contributed by atoms with Gasteiger partial charge in [-0.05, 0) is 36.8 Å². The molecular formula is C18H17Cl2N3O3S. The van der Waals surface area contributed by atoms with Gasteiger partial charge in [0.05, 0.1) is 20.5 Å². The molecule has 9 heteroatoms. The van der Waals surface area contributed by atoms with Crippen LogP contribution in [0.4, 0.5) is 5.69 Å². The second-order valence-electron chi connectivity index (χ2n) is 5.87. The van der Waals surface area contributed by atoms with Crippen LogP contribution in [0.15, 0.2) is 35.5 Å². The number of carbonyl (C=O) groups is 2. The first-order valence-corrected chi connectivity index (χ1v) is 9.92. The van der Waals surface area contributed by atoms with E-state index in [9.17, 15) is 9.59 Å². The van der Waals surface area contributed by atoms with E-state index in [4.69, 9.17) is 28.0 Å². The van der Waals surface area contributed by atoms with Crippen LogP contribution in [0.5, 0.6) is 0 Å². The largest absolute Gasteiger partial charge is 0.382 e. The van der Waals surface area contributed by atoms with Crippen LogP contribution in [-0.4, -0.2) is 30.2 Å². The van der Waals surface area contributed by atoms with Crippen molar-refractivity contribution >= 4 is 57.8 Å². The summed E-state index contributed by atoms with van der Waals surface area (Å²) in [5, 5.41) is 9.90. The van der Waals surface area contributed by atoms with E-state index in [1.165, 1.54) is 17.4 Å². The fourth-order valence-corrected chi connectivity index (χ4v) is 3.70. The molecule has 3 rings (SSSR count). The Bertz CT molecular complexity index is 898. The van der Waals surface area contributed by atoms with Crippen molar-refractivity contribution < 1.29 is 14.4 Å². The van der Waals surface area contributed by atoms with Crippen LogP contribution < -0.4 is 10.6 Å². The first-order chi connectivity index (χ1) is 13.0.